The van der Waals surface area contributed by atoms with Crippen molar-refractivity contribution in [2.24, 2.45) is 7.05 Å². The van der Waals surface area contributed by atoms with E-state index in [-0.39, 0.29) is 11.2 Å². The highest BCUT2D eigenvalue weighted by Crippen LogP contribution is 2.10. The van der Waals surface area contributed by atoms with Gasteiger partial charge < -0.3 is 4.57 Å². The summed E-state index contributed by atoms with van der Waals surface area (Å²) in [5.74, 6) is 0. The number of rotatable bonds is 7. The van der Waals surface area contributed by atoms with Crippen LogP contribution < -0.4 is 11.2 Å². The molecule has 6 heteroatoms. The molecule has 0 unspecified atom stereocenters. The third-order valence-corrected chi connectivity index (χ3v) is 4.53. The Balaban J connectivity index is 0.00000126. The van der Waals surface area contributed by atoms with E-state index in [0.717, 1.165) is 31.2 Å². The zero-order chi connectivity index (χ0) is 19.8. The van der Waals surface area contributed by atoms with Crippen LogP contribution in [-0.2, 0) is 20.1 Å². The number of benzene rings is 1. The molecule has 0 spiro atoms. The standard InChI is InChI=1S/C19H24N4O2.C2H6/c1-3-4-5-9-12-23-18(24)16-17(21(2)19(23)25)20-14-22(16)13-15-10-7-6-8-11-15;1-2/h6-8,10-11,14H,3-5,9,12-13H2,1-2H3;1-2H3. The molecule has 0 radical (unpaired) electrons. The first-order valence-electron chi connectivity index (χ1n) is 9.82. The molecule has 2 heterocycles. The summed E-state index contributed by atoms with van der Waals surface area (Å²) in [7, 11) is 1.67. The summed E-state index contributed by atoms with van der Waals surface area (Å²) in [6.45, 7) is 7.15. The van der Waals surface area contributed by atoms with E-state index in [0.29, 0.717) is 24.3 Å². The fourth-order valence-corrected chi connectivity index (χ4v) is 3.12. The molecule has 0 amide bonds. The highest BCUT2D eigenvalue weighted by Gasteiger charge is 2.16. The van der Waals surface area contributed by atoms with E-state index < -0.39 is 0 Å². The number of hydrogen-bond donors (Lipinski definition) is 0. The van der Waals surface area contributed by atoms with Gasteiger partial charge in [-0.15, -0.1) is 0 Å². The van der Waals surface area contributed by atoms with E-state index in [4.69, 9.17) is 0 Å². The molecule has 0 aliphatic carbocycles. The lowest BCUT2D eigenvalue weighted by Crippen LogP contribution is -2.39. The van der Waals surface area contributed by atoms with Gasteiger partial charge in [0.15, 0.2) is 11.2 Å². The Morgan fingerprint density at radius 2 is 1.70 bits per heavy atom. The molecule has 0 fully saturated rings. The minimum absolute atomic E-state index is 0.247. The van der Waals surface area contributed by atoms with Crippen molar-refractivity contribution in [3.63, 3.8) is 0 Å². The molecule has 0 N–H and O–H groups in total. The van der Waals surface area contributed by atoms with Gasteiger partial charge in [0.2, 0.25) is 0 Å². The average Bonchev–Trinajstić information content (AvgIpc) is 3.12. The molecule has 0 aliphatic heterocycles. The fourth-order valence-electron chi connectivity index (χ4n) is 3.12. The van der Waals surface area contributed by atoms with Gasteiger partial charge in [-0.1, -0.05) is 70.4 Å². The Hall–Kier alpha value is -2.63. The second kappa shape index (κ2) is 9.90. The van der Waals surface area contributed by atoms with Crippen LogP contribution in [0.2, 0.25) is 0 Å². The van der Waals surface area contributed by atoms with Crippen LogP contribution in [0.5, 0.6) is 0 Å². The molecule has 0 saturated carbocycles. The zero-order valence-corrected chi connectivity index (χ0v) is 16.8. The molecule has 0 atom stereocenters. The summed E-state index contributed by atoms with van der Waals surface area (Å²) < 4.78 is 4.65. The number of aryl methyl sites for hydroxylation is 1. The first kappa shape index (κ1) is 20.7. The van der Waals surface area contributed by atoms with Crippen molar-refractivity contribution < 1.29 is 0 Å². The monoisotopic (exact) mass is 370 g/mol. The number of nitrogens with zero attached hydrogens (tertiary/aromatic N) is 4. The summed E-state index contributed by atoms with van der Waals surface area (Å²) in [5, 5.41) is 0. The number of fused-ring (bicyclic) bond motifs is 1. The van der Waals surface area contributed by atoms with E-state index in [9.17, 15) is 9.59 Å². The lowest BCUT2D eigenvalue weighted by Gasteiger charge is -2.10. The molecule has 0 aliphatic rings. The molecule has 146 valence electrons. The third-order valence-electron chi connectivity index (χ3n) is 4.53. The molecule has 2 aromatic heterocycles. The van der Waals surface area contributed by atoms with Gasteiger partial charge in [0.25, 0.3) is 5.56 Å². The van der Waals surface area contributed by atoms with Crippen molar-refractivity contribution in [3.05, 3.63) is 63.1 Å². The largest absolute Gasteiger partial charge is 0.332 e. The average molecular weight is 370 g/mol. The minimum atomic E-state index is -0.293. The van der Waals surface area contributed by atoms with Crippen molar-refractivity contribution in [1.82, 2.24) is 18.7 Å². The highest BCUT2D eigenvalue weighted by atomic mass is 16.2. The molecule has 3 aromatic rings. The Morgan fingerprint density at radius 1 is 1.00 bits per heavy atom. The second-order valence-electron chi connectivity index (χ2n) is 6.39. The predicted molar refractivity (Wildman–Crippen MR) is 110 cm³/mol. The summed E-state index contributed by atoms with van der Waals surface area (Å²) in [4.78, 5) is 29.7. The van der Waals surface area contributed by atoms with Crippen LogP contribution >= 0.6 is 0 Å². The highest BCUT2D eigenvalue weighted by molar-refractivity contribution is 5.70. The van der Waals surface area contributed by atoms with Gasteiger partial charge in [-0.2, -0.15) is 0 Å². The molecule has 6 nitrogen and oxygen atoms in total. The maximum atomic E-state index is 12.9. The molecular weight excluding hydrogens is 340 g/mol. The van der Waals surface area contributed by atoms with E-state index in [1.54, 1.807) is 13.4 Å². The van der Waals surface area contributed by atoms with Crippen LogP contribution in [0.15, 0.2) is 46.2 Å². The minimum Gasteiger partial charge on any atom is -0.320 e. The Kier molecular flexibility index (Phi) is 7.58. The van der Waals surface area contributed by atoms with E-state index in [2.05, 4.69) is 11.9 Å². The van der Waals surface area contributed by atoms with Crippen LogP contribution in [0, 0.1) is 0 Å². The maximum Gasteiger partial charge on any atom is 0.332 e. The van der Waals surface area contributed by atoms with Gasteiger partial charge in [0.05, 0.1) is 6.33 Å². The van der Waals surface area contributed by atoms with Crippen LogP contribution in [0.25, 0.3) is 11.2 Å². The maximum absolute atomic E-state index is 12.9. The van der Waals surface area contributed by atoms with Crippen LogP contribution in [-0.4, -0.2) is 18.7 Å². The van der Waals surface area contributed by atoms with E-state index in [1.165, 1.54) is 9.13 Å². The molecular formula is C21H30N4O2. The first-order chi connectivity index (χ1) is 13.1. The topological polar surface area (TPSA) is 61.8 Å². The van der Waals surface area contributed by atoms with Gasteiger partial charge >= 0.3 is 5.69 Å². The number of aromatic nitrogens is 4. The second-order valence-corrected chi connectivity index (χ2v) is 6.39. The summed E-state index contributed by atoms with van der Waals surface area (Å²) in [6.07, 6.45) is 5.73. The Bertz CT molecular complexity index is 967. The number of unbranched alkanes of at least 4 members (excludes halogenated alkanes) is 3. The molecule has 3 rings (SSSR count). The summed E-state index contributed by atoms with van der Waals surface area (Å²) in [5.41, 5.74) is 1.48. The van der Waals surface area contributed by atoms with Gasteiger partial charge in [-0.25, -0.2) is 9.78 Å². The third kappa shape index (κ3) is 4.56. The Morgan fingerprint density at radius 3 is 2.37 bits per heavy atom. The zero-order valence-electron chi connectivity index (χ0n) is 16.8. The van der Waals surface area contributed by atoms with E-state index in [1.807, 2.05) is 48.7 Å². The van der Waals surface area contributed by atoms with Gasteiger partial charge in [0, 0.05) is 20.1 Å². The van der Waals surface area contributed by atoms with Gasteiger partial charge in [-0.05, 0) is 12.0 Å². The summed E-state index contributed by atoms with van der Waals surface area (Å²) >= 11 is 0. The van der Waals surface area contributed by atoms with Crippen LogP contribution in [0.1, 0.15) is 52.0 Å². The fraction of sp³-hybridized carbons (Fsp3) is 0.476. The quantitative estimate of drug-likeness (QED) is 0.598. The van der Waals surface area contributed by atoms with Crippen LogP contribution in [0.4, 0.5) is 0 Å². The predicted octanol–water partition coefficient (Wildman–Crippen LogP) is 3.55. The SMILES string of the molecule is CC.CCCCCCn1c(=O)c2c(ncn2Cc2ccccc2)n(C)c1=O. The number of hydrogen-bond acceptors (Lipinski definition) is 3. The van der Waals surface area contributed by atoms with E-state index >= 15 is 0 Å². The van der Waals surface area contributed by atoms with Crippen molar-refractivity contribution in [2.75, 3.05) is 0 Å². The molecule has 27 heavy (non-hydrogen) atoms. The summed E-state index contributed by atoms with van der Waals surface area (Å²) in [6, 6.07) is 9.92. The smallest absolute Gasteiger partial charge is 0.320 e. The lowest BCUT2D eigenvalue weighted by molar-refractivity contribution is 0.538. The van der Waals surface area contributed by atoms with Gasteiger partial charge in [-0.3, -0.25) is 13.9 Å². The molecule has 0 saturated heterocycles. The first-order valence-corrected chi connectivity index (χ1v) is 9.82. The normalized spacial score (nSPS) is 10.7. The van der Waals surface area contributed by atoms with Gasteiger partial charge in [0.1, 0.15) is 0 Å². The Labute approximate surface area is 160 Å². The molecule has 0 bridgehead atoms. The number of imidazole rings is 1. The van der Waals surface area contributed by atoms with Crippen LogP contribution in [0.3, 0.4) is 0 Å². The van der Waals surface area contributed by atoms with Crippen molar-refractivity contribution in [2.45, 2.75) is 59.5 Å². The van der Waals surface area contributed by atoms with Crippen molar-refractivity contribution >= 4 is 11.2 Å². The van der Waals surface area contributed by atoms with Crippen molar-refractivity contribution in [3.8, 4) is 0 Å². The lowest BCUT2D eigenvalue weighted by atomic mass is 10.2. The molecule has 1 aromatic carbocycles. The van der Waals surface area contributed by atoms with Crippen molar-refractivity contribution in [1.29, 1.82) is 0 Å².